The van der Waals surface area contributed by atoms with Gasteiger partial charge in [-0.05, 0) is 57.1 Å². The van der Waals surface area contributed by atoms with Crippen LogP contribution in [0.4, 0.5) is 0 Å². The van der Waals surface area contributed by atoms with Gasteiger partial charge in [0.15, 0.2) is 0 Å². The summed E-state index contributed by atoms with van der Waals surface area (Å²) in [6.07, 6.45) is 5.31. The lowest BCUT2D eigenvalue weighted by molar-refractivity contribution is 0.132. The zero-order chi connectivity index (χ0) is 12.8. The Labute approximate surface area is 115 Å². The third-order valence-corrected chi connectivity index (χ3v) is 4.03. The van der Waals surface area contributed by atoms with Gasteiger partial charge >= 0.3 is 0 Å². The predicted molar refractivity (Wildman–Crippen MR) is 78.0 cm³/mol. The number of nitrogens with zero attached hydrogens (tertiary/aromatic N) is 1. The minimum Gasteiger partial charge on any atom is -0.320 e. The Morgan fingerprint density at radius 2 is 2.06 bits per heavy atom. The first kappa shape index (κ1) is 13.9. The number of piperidine rings is 1. The van der Waals surface area contributed by atoms with Crippen LogP contribution in [0.3, 0.4) is 0 Å². The van der Waals surface area contributed by atoms with E-state index in [4.69, 9.17) is 11.6 Å². The van der Waals surface area contributed by atoms with E-state index in [-0.39, 0.29) is 0 Å². The SMILES string of the molecule is CNCCC1CCCCN1Cc1ccc(Cl)cc1. The predicted octanol–water partition coefficient (Wildman–Crippen LogP) is 3.30. The Kier molecular flexibility index (Phi) is 5.48. The molecule has 0 bridgehead atoms. The summed E-state index contributed by atoms with van der Waals surface area (Å²) in [6.45, 7) is 3.41. The van der Waals surface area contributed by atoms with Gasteiger partial charge in [-0.15, -0.1) is 0 Å². The lowest BCUT2D eigenvalue weighted by Gasteiger charge is -2.36. The third-order valence-electron chi connectivity index (χ3n) is 3.78. The Balaban J connectivity index is 1.94. The van der Waals surface area contributed by atoms with E-state index in [1.807, 2.05) is 19.2 Å². The average Bonchev–Trinajstić information content (AvgIpc) is 2.40. The van der Waals surface area contributed by atoms with Crippen molar-refractivity contribution in [3.8, 4) is 0 Å². The minimum atomic E-state index is 0.738. The summed E-state index contributed by atoms with van der Waals surface area (Å²) in [5.74, 6) is 0. The van der Waals surface area contributed by atoms with E-state index in [2.05, 4.69) is 22.3 Å². The summed E-state index contributed by atoms with van der Waals surface area (Å²) in [6, 6.07) is 9.01. The maximum absolute atomic E-state index is 5.93. The van der Waals surface area contributed by atoms with Crippen LogP contribution in [0.2, 0.25) is 5.02 Å². The van der Waals surface area contributed by atoms with Crippen LogP contribution in [-0.2, 0) is 6.54 Å². The maximum Gasteiger partial charge on any atom is 0.0406 e. The van der Waals surface area contributed by atoms with Crippen molar-refractivity contribution < 1.29 is 0 Å². The molecule has 2 rings (SSSR count). The molecule has 1 aromatic rings. The molecule has 100 valence electrons. The van der Waals surface area contributed by atoms with Gasteiger partial charge in [0.1, 0.15) is 0 Å². The largest absolute Gasteiger partial charge is 0.320 e. The van der Waals surface area contributed by atoms with E-state index in [1.165, 1.54) is 37.8 Å². The van der Waals surface area contributed by atoms with Crippen molar-refractivity contribution in [1.29, 1.82) is 0 Å². The van der Waals surface area contributed by atoms with Gasteiger partial charge in [0.25, 0.3) is 0 Å². The molecule has 1 N–H and O–H groups in total. The van der Waals surface area contributed by atoms with E-state index >= 15 is 0 Å². The van der Waals surface area contributed by atoms with Crippen LogP contribution in [0.5, 0.6) is 0 Å². The van der Waals surface area contributed by atoms with Crippen LogP contribution < -0.4 is 5.32 Å². The normalized spacial score (nSPS) is 21.1. The van der Waals surface area contributed by atoms with Crippen molar-refractivity contribution in [1.82, 2.24) is 10.2 Å². The van der Waals surface area contributed by atoms with Gasteiger partial charge in [0.2, 0.25) is 0 Å². The highest BCUT2D eigenvalue weighted by Crippen LogP contribution is 2.22. The molecule has 1 unspecified atom stereocenters. The van der Waals surface area contributed by atoms with Crippen molar-refractivity contribution in [2.24, 2.45) is 0 Å². The topological polar surface area (TPSA) is 15.3 Å². The maximum atomic E-state index is 5.93. The van der Waals surface area contributed by atoms with Crippen molar-refractivity contribution >= 4 is 11.6 Å². The summed E-state index contributed by atoms with van der Waals surface area (Å²) < 4.78 is 0. The summed E-state index contributed by atoms with van der Waals surface area (Å²) in [4.78, 5) is 2.63. The first-order valence-corrected chi connectivity index (χ1v) is 7.30. The van der Waals surface area contributed by atoms with Crippen LogP contribution >= 0.6 is 11.6 Å². The fourth-order valence-electron chi connectivity index (χ4n) is 2.73. The molecule has 0 aromatic heterocycles. The molecule has 1 atom stereocenters. The van der Waals surface area contributed by atoms with Crippen molar-refractivity contribution in [3.05, 3.63) is 34.9 Å². The molecule has 1 heterocycles. The van der Waals surface area contributed by atoms with Crippen LogP contribution in [0.25, 0.3) is 0 Å². The summed E-state index contributed by atoms with van der Waals surface area (Å²) in [5, 5.41) is 4.09. The summed E-state index contributed by atoms with van der Waals surface area (Å²) in [7, 11) is 2.03. The van der Waals surface area contributed by atoms with Crippen molar-refractivity contribution in [3.63, 3.8) is 0 Å². The van der Waals surface area contributed by atoms with Crippen molar-refractivity contribution in [2.45, 2.75) is 38.3 Å². The van der Waals surface area contributed by atoms with E-state index in [9.17, 15) is 0 Å². The second kappa shape index (κ2) is 7.13. The summed E-state index contributed by atoms with van der Waals surface area (Å²) >= 11 is 5.93. The lowest BCUT2D eigenvalue weighted by Crippen LogP contribution is -2.40. The highest BCUT2D eigenvalue weighted by Gasteiger charge is 2.21. The number of nitrogens with one attached hydrogen (secondary N) is 1. The highest BCUT2D eigenvalue weighted by molar-refractivity contribution is 6.30. The molecule has 1 aliphatic heterocycles. The molecular weight excluding hydrogens is 244 g/mol. The van der Waals surface area contributed by atoms with Gasteiger partial charge in [-0.25, -0.2) is 0 Å². The molecule has 2 nitrogen and oxygen atoms in total. The monoisotopic (exact) mass is 266 g/mol. The molecule has 0 aliphatic carbocycles. The molecule has 1 aromatic carbocycles. The molecule has 18 heavy (non-hydrogen) atoms. The Morgan fingerprint density at radius 1 is 1.28 bits per heavy atom. The molecule has 3 heteroatoms. The van der Waals surface area contributed by atoms with Gasteiger partial charge in [-0.1, -0.05) is 30.2 Å². The number of benzene rings is 1. The van der Waals surface area contributed by atoms with Crippen LogP contribution in [-0.4, -0.2) is 31.1 Å². The van der Waals surface area contributed by atoms with Crippen LogP contribution in [0, 0.1) is 0 Å². The highest BCUT2D eigenvalue weighted by atomic mass is 35.5. The van der Waals surface area contributed by atoms with E-state index in [1.54, 1.807) is 0 Å². The van der Waals surface area contributed by atoms with Gasteiger partial charge in [0.05, 0.1) is 0 Å². The lowest BCUT2D eigenvalue weighted by atomic mass is 9.98. The van der Waals surface area contributed by atoms with Crippen LogP contribution in [0.1, 0.15) is 31.2 Å². The number of rotatable bonds is 5. The standard InChI is InChI=1S/C15H23ClN2/c1-17-10-9-15-4-2-3-11-18(15)12-13-5-7-14(16)8-6-13/h5-8,15,17H,2-4,9-12H2,1H3. The molecule has 1 saturated heterocycles. The fraction of sp³-hybridized carbons (Fsp3) is 0.600. The Hall–Kier alpha value is -0.570. The summed E-state index contributed by atoms with van der Waals surface area (Å²) in [5.41, 5.74) is 1.37. The second-order valence-electron chi connectivity index (χ2n) is 5.14. The molecule has 0 saturated carbocycles. The molecule has 0 amide bonds. The number of halogens is 1. The minimum absolute atomic E-state index is 0.738. The van der Waals surface area contributed by atoms with E-state index in [0.29, 0.717) is 0 Å². The molecular formula is C15H23ClN2. The van der Waals surface area contributed by atoms with Gasteiger partial charge in [-0.2, -0.15) is 0 Å². The average molecular weight is 267 g/mol. The van der Waals surface area contributed by atoms with Gasteiger partial charge < -0.3 is 5.32 Å². The molecule has 0 radical (unpaired) electrons. The number of likely N-dealkylation sites (tertiary alicyclic amines) is 1. The Morgan fingerprint density at radius 3 is 2.78 bits per heavy atom. The third kappa shape index (κ3) is 3.98. The Bertz CT molecular complexity index is 350. The fourth-order valence-corrected chi connectivity index (χ4v) is 2.86. The zero-order valence-corrected chi connectivity index (χ0v) is 11.9. The van der Waals surface area contributed by atoms with E-state index in [0.717, 1.165) is 24.2 Å². The molecule has 0 spiro atoms. The van der Waals surface area contributed by atoms with Crippen LogP contribution in [0.15, 0.2) is 24.3 Å². The number of hydrogen-bond acceptors (Lipinski definition) is 2. The van der Waals surface area contributed by atoms with Gasteiger partial charge in [0, 0.05) is 17.6 Å². The van der Waals surface area contributed by atoms with E-state index < -0.39 is 0 Å². The van der Waals surface area contributed by atoms with Crippen molar-refractivity contribution in [2.75, 3.05) is 20.1 Å². The molecule has 1 aliphatic rings. The molecule has 1 fully saturated rings. The first-order valence-electron chi connectivity index (χ1n) is 6.92. The quantitative estimate of drug-likeness (QED) is 0.880. The zero-order valence-electron chi connectivity index (χ0n) is 11.2. The number of hydrogen-bond donors (Lipinski definition) is 1. The smallest absolute Gasteiger partial charge is 0.0406 e. The first-order chi connectivity index (χ1) is 8.79. The second-order valence-corrected chi connectivity index (χ2v) is 5.58. The van der Waals surface area contributed by atoms with Gasteiger partial charge in [-0.3, -0.25) is 4.90 Å².